The normalized spacial score (nSPS) is 11.0. The number of hydrogen-bond donors (Lipinski definition) is 3. The number of anilines is 1. The molecule has 0 saturated heterocycles. The number of carbonyl (C=O) groups is 1. The van der Waals surface area contributed by atoms with E-state index in [0.717, 1.165) is 0 Å². The zero-order valence-electron chi connectivity index (χ0n) is 14.0. The number of hydrogen-bond acceptors (Lipinski definition) is 4. The maximum atomic E-state index is 13.6. The van der Waals surface area contributed by atoms with Gasteiger partial charge in [-0.3, -0.25) is 10.1 Å². The van der Waals surface area contributed by atoms with Crippen molar-refractivity contribution in [3.8, 4) is 0 Å². The Morgan fingerprint density at radius 1 is 1.12 bits per heavy atom. The second-order valence-electron chi connectivity index (χ2n) is 5.31. The van der Waals surface area contributed by atoms with Crippen molar-refractivity contribution in [2.24, 2.45) is 0 Å². The van der Waals surface area contributed by atoms with Crippen LogP contribution in [0, 0.1) is 5.82 Å². The highest BCUT2D eigenvalue weighted by molar-refractivity contribution is 7.89. The summed E-state index contributed by atoms with van der Waals surface area (Å²) >= 11 is 5.02. The van der Waals surface area contributed by atoms with Gasteiger partial charge in [-0.15, -0.1) is 0 Å². The van der Waals surface area contributed by atoms with Crippen LogP contribution in [0.1, 0.15) is 23.7 Å². The number of nitrogens with one attached hydrogen (secondary N) is 3. The summed E-state index contributed by atoms with van der Waals surface area (Å²) in [7, 11) is -3.55. The Bertz CT molecular complexity index is 900. The minimum atomic E-state index is -3.55. The molecule has 0 saturated carbocycles. The second-order valence-corrected chi connectivity index (χ2v) is 7.49. The highest BCUT2D eigenvalue weighted by atomic mass is 32.2. The molecule has 0 unspecified atom stereocenters. The molecule has 2 aromatic rings. The van der Waals surface area contributed by atoms with E-state index in [-0.39, 0.29) is 15.6 Å². The highest BCUT2D eigenvalue weighted by Gasteiger charge is 2.14. The first-order valence-corrected chi connectivity index (χ1v) is 9.69. The summed E-state index contributed by atoms with van der Waals surface area (Å²) in [5.74, 6) is -1.33. The van der Waals surface area contributed by atoms with Crippen LogP contribution in [0.25, 0.3) is 0 Å². The molecular weight excluding hydrogens is 377 g/mol. The van der Waals surface area contributed by atoms with E-state index >= 15 is 0 Å². The van der Waals surface area contributed by atoms with Gasteiger partial charge in [-0.25, -0.2) is 17.5 Å². The molecule has 0 fully saturated rings. The zero-order valence-corrected chi connectivity index (χ0v) is 15.6. The monoisotopic (exact) mass is 395 g/mol. The number of rotatable bonds is 6. The molecule has 6 nitrogen and oxygen atoms in total. The van der Waals surface area contributed by atoms with Crippen molar-refractivity contribution < 1.29 is 17.6 Å². The minimum absolute atomic E-state index is 0.0297. The molecule has 0 spiro atoms. The molecule has 0 aliphatic carbocycles. The van der Waals surface area contributed by atoms with Gasteiger partial charge < -0.3 is 5.32 Å². The van der Waals surface area contributed by atoms with Crippen LogP contribution >= 0.6 is 12.2 Å². The molecule has 0 radical (unpaired) electrons. The molecule has 0 atom stereocenters. The third kappa shape index (κ3) is 5.32. The molecule has 9 heteroatoms. The van der Waals surface area contributed by atoms with E-state index in [1.807, 2.05) is 6.92 Å². The van der Waals surface area contributed by atoms with Crippen molar-refractivity contribution >= 4 is 38.9 Å². The molecule has 26 heavy (non-hydrogen) atoms. The first-order chi connectivity index (χ1) is 12.3. The lowest BCUT2D eigenvalue weighted by molar-refractivity contribution is 0.0974. The Morgan fingerprint density at radius 3 is 2.38 bits per heavy atom. The van der Waals surface area contributed by atoms with Crippen LogP contribution in [0.2, 0.25) is 0 Å². The lowest BCUT2D eigenvalue weighted by Crippen LogP contribution is -2.34. The molecule has 0 aliphatic rings. The number of halogens is 1. The maximum Gasteiger partial charge on any atom is 0.260 e. The van der Waals surface area contributed by atoms with Crippen LogP contribution in [0.4, 0.5) is 10.1 Å². The third-order valence-corrected chi connectivity index (χ3v) is 4.99. The van der Waals surface area contributed by atoms with E-state index in [9.17, 15) is 17.6 Å². The summed E-state index contributed by atoms with van der Waals surface area (Å²) in [6.45, 7) is 2.22. The van der Waals surface area contributed by atoms with Crippen LogP contribution in [-0.4, -0.2) is 26.0 Å². The van der Waals surface area contributed by atoms with Crippen molar-refractivity contribution in [2.75, 3.05) is 11.9 Å². The largest absolute Gasteiger partial charge is 0.332 e. The summed E-state index contributed by atoms with van der Waals surface area (Å²) in [5.41, 5.74) is 0.360. The molecule has 0 aromatic heterocycles. The maximum absolute atomic E-state index is 13.6. The van der Waals surface area contributed by atoms with Crippen LogP contribution in [-0.2, 0) is 10.0 Å². The van der Waals surface area contributed by atoms with Crippen molar-refractivity contribution in [3.05, 3.63) is 59.9 Å². The average molecular weight is 395 g/mol. The molecule has 138 valence electrons. The zero-order chi connectivity index (χ0) is 19.2. The summed E-state index contributed by atoms with van der Waals surface area (Å²) in [4.78, 5) is 12.1. The third-order valence-electron chi connectivity index (χ3n) is 3.31. The quantitative estimate of drug-likeness (QED) is 0.655. The SMILES string of the molecule is CCCNS(=O)(=O)c1ccc(NC(=S)NC(=O)c2ccccc2F)cc1. The van der Waals surface area contributed by atoms with E-state index in [1.165, 1.54) is 42.5 Å². The Kier molecular flexibility index (Phi) is 6.78. The Labute approximate surface area is 156 Å². The fraction of sp³-hybridized carbons (Fsp3) is 0.176. The first kappa shape index (κ1) is 20.0. The van der Waals surface area contributed by atoms with Gasteiger partial charge in [0.05, 0.1) is 10.5 Å². The molecule has 0 heterocycles. The molecule has 3 N–H and O–H groups in total. The first-order valence-electron chi connectivity index (χ1n) is 7.80. The molecule has 0 bridgehead atoms. The minimum Gasteiger partial charge on any atom is -0.332 e. The predicted octanol–water partition coefficient (Wildman–Crippen LogP) is 2.64. The van der Waals surface area contributed by atoms with E-state index in [4.69, 9.17) is 12.2 Å². The van der Waals surface area contributed by atoms with Gasteiger partial charge in [0.1, 0.15) is 5.82 Å². The van der Waals surface area contributed by atoms with Gasteiger partial charge >= 0.3 is 0 Å². The standard InChI is InChI=1S/C17H18FN3O3S2/c1-2-11-19-26(23,24)13-9-7-12(8-10-13)20-17(25)21-16(22)14-5-3-4-6-15(14)18/h3-10,19H,2,11H2,1H3,(H2,20,21,22,25). The lowest BCUT2D eigenvalue weighted by Gasteiger charge is -2.11. The van der Waals surface area contributed by atoms with Crippen LogP contribution < -0.4 is 15.4 Å². The highest BCUT2D eigenvalue weighted by Crippen LogP contribution is 2.14. The van der Waals surface area contributed by atoms with E-state index in [0.29, 0.717) is 18.7 Å². The second kappa shape index (κ2) is 8.84. The molecule has 2 rings (SSSR count). The van der Waals surface area contributed by atoms with Crippen molar-refractivity contribution in [1.29, 1.82) is 0 Å². The van der Waals surface area contributed by atoms with Crippen LogP contribution in [0.15, 0.2) is 53.4 Å². The topological polar surface area (TPSA) is 87.3 Å². The lowest BCUT2D eigenvalue weighted by atomic mass is 10.2. The van der Waals surface area contributed by atoms with E-state index in [2.05, 4.69) is 15.4 Å². The molecule has 0 aliphatic heterocycles. The van der Waals surface area contributed by atoms with Crippen molar-refractivity contribution in [3.63, 3.8) is 0 Å². The van der Waals surface area contributed by atoms with Gasteiger partial charge in [-0.2, -0.15) is 0 Å². The van der Waals surface area contributed by atoms with E-state index < -0.39 is 21.7 Å². The van der Waals surface area contributed by atoms with Gasteiger partial charge in [0.25, 0.3) is 5.91 Å². The van der Waals surface area contributed by atoms with Gasteiger partial charge in [0, 0.05) is 12.2 Å². The summed E-state index contributed by atoms with van der Waals surface area (Å²) in [6.07, 6.45) is 0.689. The van der Waals surface area contributed by atoms with Gasteiger partial charge in [-0.05, 0) is 55.0 Å². The summed E-state index contributed by atoms with van der Waals surface area (Å²) in [5, 5.41) is 5.09. The van der Waals surface area contributed by atoms with Crippen molar-refractivity contribution in [1.82, 2.24) is 10.0 Å². The number of carbonyl (C=O) groups excluding carboxylic acids is 1. The van der Waals surface area contributed by atoms with Crippen molar-refractivity contribution in [2.45, 2.75) is 18.2 Å². The number of amides is 1. The van der Waals surface area contributed by atoms with Crippen LogP contribution in [0.5, 0.6) is 0 Å². The molecule has 2 aromatic carbocycles. The fourth-order valence-corrected chi connectivity index (χ4v) is 3.36. The van der Waals surface area contributed by atoms with Gasteiger partial charge in [0.2, 0.25) is 10.0 Å². The smallest absolute Gasteiger partial charge is 0.260 e. The predicted molar refractivity (Wildman–Crippen MR) is 102 cm³/mol. The number of thiocarbonyl (C=S) groups is 1. The van der Waals surface area contributed by atoms with E-state index in [1.54, 1.807) is 6.07 Å². The Balaban J connectivity index is 1.99. The van der Waals surface area contributed by atoms with Crippen LogP contribution in [0.3, 0.4) is 0 Å². The average Bonchev–Trinajstić information content (AvgIpc) is 2.60. The summed E-state index contributed by atoms with van der Waals surface area (Å²) in [6, 6.07) is 11.4. The number of benzene rings is 2. The van der Waals surface area contributed by atoms with Gasteiger partial charge in [-0.1, -0.05) is 19.1 Å². The molecular formula is C17H18FN3O3S2. The Morgan fingerprint density at radius 2 is 1.77 bits per heavy atom. The Hall–Kier alpha value is -2.36. The number of sulfonamides is 1. The fourth-order valence-electron chi connectivity index (χ4n) is 2.02. The molecule has 1 amide bonds. The summed E-state index contributed by atoms with van der Waals surface area (Å²) < 4.78 is 40.1. The van der Waals surface area contributed by atoms with Gasteiger partial charge in [0.15, 0.2) is 5.11 Å².